The van der Waals surface area contributed by atoms with Crippen LogP contribution in [0.3, 0.4) is 0 Å². The fourth-order valence-electron chi connectivity index (χ4n) is 3.51. The molecule has 0 saturated carbocycles. The maximum atomic E-state index is 14.4. The number of aromatic nitrogens is 2. The molecule has 0 aliphatic carbocycles. The number of nitrogens with zero attached hydrogens (tertiary/aromatic N) is 1. The van der Waals surface area contributed by atoms with E-state index in [1.165, 1.54) is 0 Å². The number of halogens is 2. The summed E-state index contributed by atoms with van der Waals surface area (Å²) in [7, 11) is 0. The van der Waals surface area contributed by atoms with Crippen LogP contribution in [0.2, 0.25) is 0 Å². The fraction of sp³-hybridized carbons (Fsp3) is 0.579. The topological polar surface area (TPSA) is 76.2 Å². The van der Waals surface area contributed by atoms with Crippen molar-refractivity contribution in [3.8, 4) is 5.75 Å². The predicted octanol–water partition coefficient (Wildman–Crippen LogP) is 2.41. The molecule has 2 saturated heterocycles. The summed E-state index contributed by atoms with van der Waals surface area (Å²) < 4.78 is 39.1. The van der Waals surface area contributed by atoms with Crippen molar-refractivity contribution in [2.45, 2.75) is 30.0 Å². The molecule has 2 N–H and O–H groups in total. The Bertz CT molecular complexity index is 889. The summed E-state index contributed by atoms with van der Waals surface area (Å²) in [5.74, 6) is 0.350. The van der Waals surface area contributed by atoms with Crippen LogP contribution in [-0.4, -0.2) is 54.3 Å². The van der Waals surface area contributed by atoms with Gasteiger partial charge in [-0.3, -0.25) is 4.79 Å². The Balaban J connectivity index is 1.50. The Hall–Kier alpha value is -1.71. The van der Waals surface area contributed by atoms with Crippen molar-refractivity contribution in [3.05, 3.63) is 34.1 Å². The largest absolute Gasteiger partial charge is 0.493 e. The molecule has 4 rings (SSSR count). The van der Waals surface area contributed by atoms with E-state index in [2.05, 4.69) is 15.3 Å². The van der Waals surface area contributed by atoms with Gasteiger partial charge in [0.15, 0.2) is 0 Å². The summed E-state index contributed by atoms with van der Waals surface area (Å²) in [6, 6.07) is 2.71. The van der Waals surface area contributed by atoms with Crippen molar-refractivity contribution in [2.24, 2.45) is 5.92 Å². The molecule has 0 spiro atoms. The van der Waals surface area contributed by atoms with Gasteiger partial charge in [0.2, 0.25) is 0 Å². The minimum absolute atomic E-state index is 0.0851. The van der Waals surface area contributed by atoms with Crippen molar-refractivity contribution in [2.75, 3.05) is 32.9 Å². The first-order valence-corrected chi connectivity index (χ1v) is 10.5. The highest BCUT2D eigenvalue weighted by molar-refractivity contribution is 7.99. The maximum Gasteiger partial charge on any atom is 0.261 e. The third kappa shape index (κ3) is 4.47. The Morgan fingerprint density at radius 2 is 2.11 bits per heavy atom. The lowest BCUT2D eigenvalue weighted by Gasteiger charge is -2.21. The molecular weight excluding hydrogens is 388 g/mol. The number of alkyl halides is 1. The normalized spacial score (nSPS) is 23.4. The third-order valence-corrected chi connectivity index (χ3v) is 6.51. The van der Waals surface area contributed by atoms with Crippen molar-refractivity contribution >= 4 is 22.7 Å². The second-order valence-corrected chi connectivity index (χ2v) is 8.47. The van der Waals surface area contributed by atoms with Gasteiger partial charge in [-0.15, -0.1) is 0 Å². The van der Waals surface area contributed by atoms with Crippen molar-refractivity contribution in [3.63, 3.8) is 0 Å². The number of nitrogens with one attached hydrogen (secondary N) is 2. The third-order valence-electron chi connectivity index (χ3n) is 5.13. The first kappa shape index (κ1) is 19.6. The smallest absolute Gasteiger partial charge is 0.261 e. The minimum Gasteiger partial charge on any atom is -0.493 e. The molecule has 0 radical (unpaired) electrons. The number of hydrogen-bond donors (Lipinski definition) is 2. The van der Waals surface area contributed by atoms with E-state index in [9.17, 15) is 13.6 Å². The summed E-state index contributed by atoms with van der Waals surface area (Å²) in [5.41, 5.74) is -0.247. The van der Waals surface area contributed by atoms with E-state index in [0.29, 0.717) is 29.9 Å². The molecule has 2 atom stereocenters. The maximum absolute atomic E-state index is 14.4. The molecule has 1 aromatic carbocycles. The van der Waals surface area contributed by atoms with Gasteiger partial charge in [0, 0.05) is 49.6 Å². The molecule has 2 fully saturated rings. The van der Waals surface area contributed by atoms with Gasteiger partial charge in [-0.05, 0) is 12.8 Å². The minimum atomic E-state index is -0.972. The van der Waals surface area contributed by atoms with E-state index in [-0.39, 0.29) is 29.2 Å². The van der Waals surface area contributed by atoms with E-state index in [1.807, 2.05) is 0 Å². The number of fused-ring (bicyclic) bond motifs is 1. The standard InChI is InChI=1S/C19H23F2N3O3S/c20-14-5-12(27-9-11-7-22-8-15(11)21)6-16-18(14)19(25)24-17(23-16)10-28-13-1-3-26-4-2-13/h5-6,11,13,15,22H,1-4,7-10H2,(H,23,24,25)/t11-,15-/m1/s1. The van der Waals surface area contributed by atoms with Crippen LogP contribution < -0.4 is 15.6 Å². The van der Waals surface area contributed by atoms with Crippen molar-refractivity contribution in [1.82, 2.24) is 15.3 Å². The zero-order chi connectivity index (χ0) is 19.5. The van der Waals surface area contributed by atoms with E-state index >= 15 is 0 Å². The average Bonchev–Trinajstić information content (AvgIpc) is 3.10. The zero-order valence-electron chi connectivity index (χ0n) is 15.4. The van der Waals surface area contributed by atoms with Crippen LogP contribution in [0.1, 0.15) is 18.7 Å². The summed E-state index contributed by atoms with van der Waals surface area (Å²) in [4.78, 5) is 19.4. The molecule has 9 heteroatoms. The number of H-pyrrole nitrogens is 1. The van der Waals surface area contributed by atoms with Gasteiger partial charge in [0.25, 0.3) is 5.56 Å². The molecule has 28 heavy (non-hydrogen) atoms. The van der Waals surface area contributed by atoms with Crippen LogP contribution in [0.15, 0.2) is 16.9 Å². The number of thioether (sulfide) groups is 1. The van der Waals surface area contributed by atoms with Gasteiger partial charge >= 0.3 is 0 Å². The summed E-state index contributed by atoms with van der Waals surface area (Å²) in [6.45, 7) is 2.49. The van der Waals surface area contributed by atoms with E-state index in [1.54, 1.807) is 17.8 Å². The number of benzene rings is 1. The first-order valence-electron chi connectivity index (χ1n) is 9.49. The molecule has 1 aromatic heterocycles. The summed E-state index contributed by atoms with van der Waals surface area (Å²) >= 11 is 1.72. The lowest BCUT2D eigenvalue weighted by atomic mass is 10.1. The van der Waals surface area contributed by atoms with Crippen LogP contribution in [0.5, 0.6) is 5.75 Å². The van der Waals surface area contributed by atoms with Gasteiger partial charge in [0.1, 0.15) is 28.9 Å². The molecule has 2 aliphatic heterocycles. The zero-order valence-corrected chi connectivity index (χ0v) is 16.2. The van der Waals surface area contributed by atoms with E-state index < -0.39 is 17.5 Å². The van der Waals surface area contributed by atoms with Gasteiger partial charge in [-0.1, -0.05) is 0 Å². The summed E-state index contributed by atoms with van der Waals surface area (Å²) in [5, 5.41) is 3.34. The van der Waals surface area contributed by atoms with E-state index in [4.69, 9.17) is 9.47 Å². The number of ether oxygens (including phenoxy) is 2. The molecular formula is C19H23F2N3O3S. The Kier molecular flexibility index (Phi) is 6.13. The van der Waals surface area contributed by atoms with Crippen LogP contribution in [0, 0.1) is 11.7 Å². The van der Waals surface area contributed by atoms with Crippen LogP contribution >= 0.6 is 11.8 Å². The molecule has 6 nitrogen and oxygen atoms in total. The molecule has 2 aromatic rings. The first-order chi connectivity index (χ1) is 13.6. The molecule has 0 bridgehead atoms. The molecule has 3 heterocycles. The SMILES string of the molecule is O=c1[nH]c(CSC2CCOCC2)nc2cc(OC[C@H]3CNC[C@H]3F)cc(F)c12. The fourth-order valence-corrected chi connectivity index (χ4v) is 4.56. The van der Waals surface area contributed by atoms with Crippen molar-refractivity contribution < 1.29 is 18.3 Å². The Morgan fingerprint density at radius 1 is 1.29 bits per heavy atom. The van der Waals surface area contributed by atoms with Gasteiger partial charge < -0.3 is 19.8 Å². The molecule has 152 valence electrons. The highest BCUT2D eigenvalue weighted by Crippen LogP contribution is 2.26. The number of rotatable bonds is 6. The van der Waals surface area contributed by atoms with Gasteiger partial charge in [-0.2, -0.15) is 11.8 Å². The van der Waals surface area contributed by atoms with Crippen LogP contribution in [-0.2, 0) is 10.5 Å². The number of aromatic amines is 1. The quantitative estimate of drug-likeness (QED) is 0.760. The monoisotopic (exact) mass is 411 g/mol. The lowest BCUT2D eigenvalue weighted by molar-refractivity contribution is 0.1000. The Labute approximate surface area is 165 Å². The lowest BCUT2D eigenvalue weighted by Crippen LogP contribution is -2.21. The summed E-state index contributed by atoms with van der Waals surface area (Å²) in [6.07, 6.45) is 0.974. The average molecular weight is 411 g/mol. The molecule has 0 unspecified atom stereocenters. The van der Waals surface area contributed by atoms with Crippen LogP contribution in [0.4, 0.5) is 8.78 Å². The van der Waals surface area contributed by atoms with Crippen molar-refractivity contribution in [1.29, 1.82) is 0 Å². The molecule has 0 amide bonds. The molecule has 2 aliphatic rings. The van der Waals surface area contributed by atoms with Gasteiger partial charge in [-0.25, -0.2) is 13.8 Å². The highest BCUT2D eigenvalue weighted by Gasteiger charge is 2.27. The van der Waals surface area contributed by atoms with Gasteiger partial charge in [0.05, 0.1) is 17.9 Å². The Morgan fingerprint density at radius 3 is 2.86 bits per heavy atom. The van der Waals surface area contributed by atoms with Crippen LogP contribution in [0.25, 0.3) is 10.9 Å². The number of hydrogen-bond acceptors (Lipinski definition) is 6. The predicted molar refractivity (Wildman–Crippen MR) is 104 cm³/mol. The second kappa shape index (κ2) is 8.75. The highest BCUT2D eigenvalue weighted by atomic mass is 32.2. The second-order valence-electron chi connectivity index (χ2n) is 7.18. The van der Waals surface area contributed by atoms with E-state index in [0.717, 1.165) is 32.1 Å².